The van der Waals surface area contributed by atoms with E-state index in [9.17, 15) is 4.79 Å². The summed E-state index contributed by atoms with van der Waals surface area (Å²) in [5.74, 6) is 0.108. The van der Waals surface area contributed by atoms with Gasteiger partial charge >= 0.3 is 0 Å². The number of carbonyl (C=O) groups is 1. The molecular formula is C18H25ClN4O. The Morgan fingerprint density at radius 1 is 1.25 bits per heavy atom. The lowest BCUT2D eigenvalue weighted by Gasteiger charge is -2.31. The van der Waals surface area contributed by atoms with Crippen LogP contribution in [-0.2, 0) is 6.54 Å². The van der Waals surface area contributed by atoms with E-state index in [1.54, 1.807) is 6.20 Å². The summed E-state index contributed by atoms with van der Waals surface area (Å²) in [5, 5.41) is 7.71. The third kappa shape index (κ3) is 3.97. The fraction of sp³-hybridized carbons (Fsp3) is 0.444. The second-order valence-corrected chi connectivity index (χ2v) is 6.14. The molecule has 1 amide bonds. The lowest BCUT2D eigenvalue weighted by Crippen LogP contribution is -2.44. The molecule has 24 heavy (non-hydrogen) atoms. The summed E-state index contributed by atoms with van der Waals surface area (Å²) < 4.78 is 1.91. The third-order valence-corrected chi connectivity index (χ3v) is 4.70. The summed E-state index contributed by atoms with van der Waals surface area (Å²) in [6, 6.07) is 10.7. The number of nitrogens with one attached hydrogen (secondary N) is 1. The number of hydrogen-bond donors (Lipinski definition) is 1. The topological polar surface area (TPSA) is 50.2 Å². The van der Waals surface area contributed by atoms with E-state index in [0.29, 0.717) is 12.6 Å². The molecule has 1 N–H and O–H groups in total. The van der Waals surface area contributed by atoms with Gasteiger partial charge in [0.05, 0.1) is 18.3 Å². The summed E-state index contributed by atoms with van der Waals surface area (Å²) in [6.07, 6.45) is 3.74. The molecule has 2 aromatic rings. The van der Waals surface area contributed by atoms with Crippen molar-refractivity contribution in [1.82, 2.24) is 20.0 Å². The highest BCUT2D eigenvalue weighted by Crippen LogP contribution is 2.17. The number of carbonyl (C=O) groups excluding carboxylic acids is 1. The number of halogens is 1. The predicted octanol–water partition coefficient (Wildman–Crippen LogP) is 2.49. The zero-order chi connectivity index (χ0) is 16.2. The number of benzene rings is 1. The predicted molar refractivity (Wildman–Crippen MR) is 97.7 cm³/mol. The number of hydrogen-bond acceptors (Lipinski definition) is 3. The average molecular weight is 349 g/mol. The van der Waals surface area contributed by atoms with Crippen LogP contribution in [0.3, 0.4) is 0 Å². The normalized spacial score (nSPS) is 15.2. The minimum absolute atomic E-state index is 0. The van der Waals surface area contributed by atoms with Gasteiger partial charge in [0.1, 0.15) is 0 Å². The largest absolute Gasteiger partial charge is 0.338 e. The molecule has 0 spiro atoms. The molecule has 3 rings (SSSR count). The summed E-state index contributed by atoms with van der Waals surface area (Å²) in [4.78, 5) is 14.7. The Kier molecular flexibility index (Phi) is 6.40. The molecule has 0 radical (unpaired) electrons. The lowest BCUT2D eigenvalue weighted by atomic mass is 10.0. The summed E-state index contributed by atoms with van der Waals surface area (Å²) in [7, 11) is 1.99. The van der Waals surface area contributed by atoms with Crippen molar-refractivity contribution >= 4 is 18.3 Å². The van der Waals surface area contributed by atoms with Crippen LogP contribution in [0.4, 0.5) is 0 Å². The highest BCUT2D eigenvalue weighted by Gasteiger charge is 2.25. The summed E-state index contributed by atoms with van der Waals surface area (Å²) in [5.41, 5.74) is 2.85. The second-order valence-electron chi connectivity index (χ2n) is 6.14. The van der Waals surface area contributed by atoms with Crippen LogP contribution in [0.15, 0.2) is 36.5 Å². The first-order valence-corrected chi connectivity index (χ1v) is 8.22. The van der Waals surface area contributed by atoms with Crippen LogP contribution in [0.2, 0.25) is 0 Å². The van der Waals surface area contributed by atoms with E-state index in [4.69, 9.17) is 0 Å². The van der Waals surface area contributed by atoms with E-state index in [-0.39, 0.29) is 18.3 Å². The van der Waals surface area contributed by atoms with Crippen molar-refractivity contribution in [3.8, 4) is 0 Å². The minimum Gasteiger partial charge on any atom is -0.338 e. The molecule has 2 heterocycles. The Morgan fingerprint density at radius 3 is 2.54 bits per heavy atom. The number of rotatable bonds is 4. The van der Waals surface area contributed by atoms with Crippen LogP contribution in [-0.4, -0.2) is 46.8 Å². The lowest BCUT2D eigenvalue weighted by molar-refractivity contribution is 0.0706. The number of aromatic nitrogens is 2. The molecule has 1 fully saturated rings. The Bertz CT molecular complexity index is 663. The summed E-state index contributed by atoms with van der Waals surface area (Å²) in [6.45, 7) is 4.30. The maximum Gasteiger partial charge on any atom is 0.257 e. The van der Waals surface area contributed by atoms with Gasteiger partial charge in [-0.05, 0) is 32.4 Å². The van der Waals surface area contributed by atoms with E-state index < -0.39 is 0 Å². The standard InChI is InChI=1S/C18H24N4O.ClH/c1-14-17(18(23)21-10-8-16(19-2)9-11-21)12-20-22(14)13-15-6-4-3-5-7-15;/h3-7,12,16,19H,8-11,13H2,1-2H3;1H. The van der Waals surface area contributed by atoms with E-state index in [0.717, 1.165) is 37.2 Å². The van der Waals surface area contributed by atoms with Crippen LogP contribution >= 0.6 is 12.4 Å². The SMILES string of the molecule is CNC1CCN(C(=O)c2cnn(Cc3ccccc3)c2C)CC1.Cl. The first kappa shape index (κ1) is 18.5. The van der Waals surface area contributed by atoms with Crippen molar-refractivity contribution in [2.24, 2.45) is 0 Å². The maximum absolute atomic E-state index is 12.7. The molecule has 5 nitrogen and oxygen atoms in total. The van der Waals surface area contributed by atoms with Gasteiger partial charge in [-0.15, -0.1) is 12.4 Å². The molecule has 0 aliphatic carbocycles. The van der Waals surface area contributed by atoms with Crippen LogP contribution in [0.25, 0.3) is 0 Å². The van der Waals surface area contributed by atoms with Crippen LogP contribution in [0.5, 0.6) is 0 Å². The molecule has 1 aromatic heterocycles. The monoisotopic (exact) mass is 348 g/mol. The van der Waals surface area contributed by atoms with Gasteiger partial charge in [0, 0.05) is 24.8 Å². The number of piperidine rings is 1. The van der Waals surface area contributed by atoms with Gasteiger partial charge in [0.15, 0.2) is 0 Å². The molecule has 0 atom stereocenters. The molecule has 0 unspecified atom stereocenters. The second kappa shape index (κ2) is 8.31. The maximum atomic E-state index is 12.7. The zero-order valence-corrected chi connectivity index (χ0v) is 15.1. The van der Waals surface area contributed by atoms with Crippen molar-refractivity contribution < 1.29 is 4.79 Å². The summed E-state index contributed by atoms with van der Waals surface area (Å²) >= 11 is 0. The van der Waals surface area contributed by atoms with E-state index in [2.05, 4.69) is 22.5 Å². The van der Waals surface area contributed by atoms with Gasteiger partial charge in [0.2, 0.25) is 0 Å². The molecule has 0 saturated carbocycles. The smallest absolute Gasteiger partial charge is 0.257 e. The molecule has 1 aliphatic rings. The van der Waals surface area contributed by atoms with E-state index >= 15 is 0 Å². The highest BCUT2D eigenvalue weighted by molar-refractivity contribution is 5.95. The first-order chi connectivity index (χ1) is 11.2. The van der Waals surface area contributed by atoms with Crippen molar-refractivity contribution in [2.45, 2.75) is 32.4 Å². The number of nitrogens with zero attached hydrogens (tertiary/aromatic N) is 3. The Labute approximate surface area is 149 Å². The molecule has 130 valence electrons. The number of likely N-dealkylation sites (tertiary alicyclic amines) is 1. The minimum atomic E-state index is 0. The van der Waals surface area contributed by atoms with Crippen LogP contribution in [0.1, 0.15) is 34.5 Å². The molecule has 0 bridgehead atoms. The van der Waals surface area contributed by atoms with Crippen molar-refractivity contribution in [3.05, 3.63) is 53.3 Å². The fourth-order valence-corrected chi connectivity index (χ4v) is 3.11. The Balaban J connectivity index is 0.00000208. The molecule has 1 aromatic carbocycles. The van der Waals surface area contributed by atoms with Gasteiger partial charge in [0.25, 0.3) is 5.91 Å². The van der Waals surface area contributed by atoms with Crippen molar-refractivity contribution in [3.63, 3.8) is 0 Å². The Morgan fingerprint density at radius 2 is 1.92 bits per heavy atom. The Hall–Kier alpha value is -1.85. The van der Waals surface area contributed by atoms with Gasteiger partial charge in [-0.2, -0.15) is 5.10 Å². The van der Waals surface area contributed by atoms with Crippen molar-refractivity contribution in [1.29, 1.82) is 0 Å². The molecule has 1 saturated heterocycles. The van der Waals surface area contributed by atoms with Gasteiger partial charge in [-0.1, -0.05) is 30.3 Å². The molecule has 1 aliphatic heterocycles. The number of amides is 1. The quantitative estimate of drug-likeness (QED) is 0.923. The molecular weight excluding hydrogens is 324 g/mol. The third-order valence-electron chi connectivity index (χ3n) is 4.70. The average Bonchev–Trinajstić information content (AvgIpc) is 2.96. The van der Waals surface area contributed by atoms with Gasteiger partial charge in [-0.3, -0.25) is 9.48 Å². The fourth-order valence-electron chi connectivity index (χ4n) is 3.11. The van der Waals surface area contributed by atoms with Gasteiger partial charge in [-0.25, -0.2) is 0 Å². The van der Waals surface area contributed by atoms with E-state index in [1.807, 2.05) is 41.8 Å². The molecule has 6 heteroatoms. The van der Waals surface area contributed by atoms with Crippen LogP contribution < -0.4 is 5.32 Å². The van der Waals surface area contributed by atoms with E-state index in [1.165, 1.54) is 5.56 Å². The zero-order valence-electron chi connectivity index (χ0n) is 14.2. The van der Waals surface area contributed by atoms with Crippen LogP contribution in [0, 0.1) is 6.92 Å². The first-order valence-electron chi connectivity index (χ1n) is 8.22. The van der Waals surface area contributed by atoms with Crippen molar-refractivity contribution in [2.75, 3.05) is 20.1 Å². The highest BCUT2D eigenvalue weighted by atomic mass is 35.5. The van der Waals surface area contributed by atoms with Gasteiger partial charge < -0.3 is 10.2 Å².